The van der Waals surface area contributed by atoms with Gasteiger partial charge in [-0.05, 0) is 41.1 Å². The first-order chi connectivity index (χ1) is 7.75. The number of unbranched alkanes of at least 4 members (excludes halogenated alkanes) is 5. The molecule has 3 heteroatoms. The Balaban J connectivity index is 2.27. The van der Waals surface area contributed by atoms with Crippen LogP contribution in [0.1, 0.15) is 45.4 Å². The Morgan fingerprint density at radius 2 is 1.88 bits per heavy atom. The van der Waals surface area contributed by atoms with Gasteiger partial charge in [0.05, 0.1) is 3.57 Å². The van der Waals surface area contributed by atoms with Gasteiger partial charge in [-0.3, -0.25) is 4.79 Å². The van der Waals surface area contributed by atoms with E-state index in [-0.39, 0.29) is 5.56 Å². The molecule has 0 radical (unpaired) electrons. The first-order valence-corrected chi connectivity index (χ1v) is 7.18. The highest BCUT2D eigenvalue weighted by molar-refractivity contribution is 14.1. The van der Waals surface area contributed by atoms with E-state index in [1.165, 1.54) is 32.1 Å². The highest BCUT2D eigenvalue weighted by Crippen LogP contribution is 2.06. The van der Waals surface area contributed by atoms with Gasteiger partial charge in [0.1, 0.15) is 0 Å². The third-order valence-electron chi connectivity index (χ3n) is 2.73. The van der Waals surface area contributed by atoms with Crippen molar-refractivity contribution in [3.8, 4) is 0 Å². The summed E-state index contributed by atoms with van der Waals surface area (Å²) < 4.78 is 2.63. The van der Waals surface area contributed by atoms with Gasteiger partial charge < -0.3 is 4.57 Å². The molecule has 90 valence electrons. The fraction of sp³-hybridized carbons (Fsp3) is 0.615. The number of hydrogen-bond acceptors (Lipinski definition) is 1. The van der Waals surface area contributed by atoms with E-state index in [1.54, 1.807) is 0 Å². The third-order valence-corrected chi connectivity index (χ3v) is 3.55. The minimum Gasteiger partial charge on any atom is -0.315 e. The third kappa shape index (κ3) is 4.68. The fourth-order valence-electron chi connectivity index (χ4n) is 1.75. The zero-order valence-corrected chi connectivity index (χ0v) is 12.1. The lowest BCUT2D eigenvalue weighted by Crippen LogP contribution is -2.21. The van der Waals surface area contributed by atoms with E-state index in [2.05, 4.69) is 29.5 Å². The maximum atomic E-state index is 11.7. The van der Waals surface area contributed by atoms with Gasteiger partial charge in [0.2, 0.25) is 0 Å². The van der Waals surface area contributed by atoms with Crippen molar-refractivity contribution < 1.29 is 0 Å². The molecule has 0 fully saturated rings. The summed E-state index contributed by atoms with van der Waals surface area (Å²) in [6.45, 7) is 3.09. The molecule has 0 aromatic carbocycles. The van der Waals surface area contributed by atoms with E-state index in [1.807, 2.05) is 22.9 Å². The van der Waals surface area contributed by atoms with E-state index >= 15 is 0 Å². The molecule has 0 saturated carbocycles. The van der Waals surface area contributed by atoms with Crippen LogP contribution in [-0.4, -0.2) is 4.57 Å². The Kier molecular flexibility index (Phi) is 6.76. The van der Waals surface area contributed by atoms with Gasteiger partial charge in [0.15, 0.2) is 0 Å². The summed E-state index contributed by atoms with van der Waals surface area (Å²) in [5.41, 5.74) is 0.150. The minimum atomic E-state index is 0.150. The molecule has 0 N–H and O–H groups in total. The summed E-state index contributed by atoms with van der Waals surface area (Å²) in [5.74, 6) is 0. The summed E-state index contributed by atoms with van der Waals surface area (Å²) in [4.78, 5) is 11.7. The van der Waals surface area contributed by atoms with Crippen molar-refractivity contribution in [2.75, 3.05) is 0 Å². The largest absolute Gasteiger partial charge is 0.315 e. The van der Waals surface area contributed by atoms with Crippen molar-refractivity contribution in [2.45, 2.75) is 52.0 Å². The normalized spacial score (nSPS) is 10.6. The summed E-state index contributed by atoms with van der Waals surface area (Å²) in [6, 6.07) is 3.81. The van der Waals surface area contributed by atoms with Gasteiger partial charge in [-0.25, -0.2) is 0 Å². The number of aryl methyl sites for hydroxylation is 1. The monoisotopic (exact) mass is 333 g/mol. The topological polar surface area (TPSA) is 22.0 Å². The van der Waals surface area contributed by atoms with Gasteiger partial charge in [0, 0.05) is 12.7 Å². The average molecular weight is 333 g/mol. The van der Waals surface area contributed by atoms with Crippen molar-refractivity contribution in [1.29, 1.82) is 0 Å². The van der Waals surface area contributed by atoms with Crippen LogP contribution in [0.3, 0.4) is 0 Å². The van der Waals surface area contributed by atoms with E-state index in [0.29, 0.717) is 0 Å². The molecular formula is C13H20INO. The molecular weight excluding hydrogens is 313 g/mol. The van der Waals surface area contributed by atoms with Crippen LogP contribution in [0.15, 0.2) is 23.1 Å². The Bertz CT molecular complexity index is 359. The van der Waals surface area contributed by atoms with E-state index < -0.39 is 0 Å². The van der Waals surface area contributed by atoms with Crippen molar-refractivity contribution >= 4 is 22.6 Å². The summed E-state index contributed by atoms with van der Waals surface area (Å²) >= 11 is 2.10. The maximum absolute atomic E-state index is 11.7. The van der Waals surface area contributed by atoms with Crippen LogP contribution in [0.4, 0.5) is 0 Å². The molecule has 2 nitrogen and oxygen atoms in total. The van der Waals surface area contributed by atoms with E-state index in [9.17, 15) is 4.79 Å². The predicted molar refractivity (Wildman–Crippen MR) is 76.8 cm³/mol. The van der Waals surface area contributed by atoms with Crippen LogP contribution in [0.25, 0.3) is 0 Å². The quantitative estimate of drug-likeness (QED) is 0.549. The number of aromatic nitrogens is 1. The summed E-state index contributed by atoms with van der Waals surface area (Å²) in [7, 11) is 0. The molecule has 0 aliphatic rings. The smallest absolute Gasteiger partial charge is 0.263 e. The average Bonchev–Trinajstić information content (AvgIpc) is 2.29. The Morgan fingerprint density at radius 1 is 1.19 bits per heavy atom. The molecule has 1 aromatic heterocycles. The second-order valence-electron chi connectivity index (χ2n) is 4.12. The molecule has 1 heterocycles. The first kappa shape index (κ1) is 13.7. The van der Waals surface area contributed by atoms with Crippen LogP contribution in [-0.2, 0) is 6.54 Å². The van der Waals surface area contributed by atoms with Gasteiger partial charge in [-0.15, -0.1) is 0 Å². The van der Waals surface area contributed by atoms with Crippen molar-refractivity contribution in [3.63, 3.8) is 0 Å². The van der Waals surface area contributed by atoms with E-state index in [0.717, 1.165) is 16.5 Å². The molecule has 0 spiro atoms. The highest BCUT2D eigenvalue weighted by Gasteiger charge is 1.98. The van der Waals surface area contributed by atoms with Crippen LogP contribution < -0.4 is 5.56 Å². The highest BCUT2D eigenvalue weighted by atomic mass is 127. The second kappa shape index (κ2) is 7.87. The lowest BCUT2D eigenvalue weighted by Gasteiger charge is -2.05. The lowest BCUT2D eigenvalue weighted by atomic mass is 10.1. The number of pyridine rings is 1. The zero-order chi connectivity index (χ0) is 11.8. The van der Waals surface area contributed by atoms with Crippen LogP contribution in [0.5, 0.6) is 0 Å². The van der Waals surface area contributed by atoms with Crippen molar-refractivity contribution in [3.05, 3.63) is 32.3 Å². The van der Waals surface area contributed by atoms with Crippen molar-refractivity contribution in [1.82, 2.24) is 4.57 Å². The second-order valence-corrected chi connectivity index (χ2v) is 5.28. The molecule has 1 aromatic rings. The maximum Gasteiger partial charge on any atom is 0.263 e. The zero-order valence-electron chi connectivity index (χ0n) is 9.92. The van der Waals surface area contributed by atoms with Gasteiger partial charge >= 0.3 is 0 Å². The molecule has 1 rings (SSSR count). The number of hydrogen-bond donors (Lipinski definition) is 0. The molecule has 0 aliphatic heterocycles. The molecule has 16 heavy (non-hydrogen) atoms. The van der Waals surface area contributed by atoms with Gasteiger partial charge in [0.25, 0.3) is 5.56 Å². The molecule has 0 bridgehead atoms. The van der Waals surface area contributed by atoms with Crippen LogP contribution in [0, 0.1) is 3.57 Å². The predicted octanol–water partition coefficient (Wildman–Crippen LogP) is 3.81. The Hall–Kier alpha value is -0.320. The summed E-state index contributed by atoms with van der Waals surface area (Å²) in [6.07, 6.45) is 9.49. The lowest BCUT2D eigenvalue weighted by molar-refractivity contribution is 0.548. The molecule has 0 atom stereocenters. The number of halogens is 1. The van der Waals surface area contributed by atoms with Gasteiger partial charge in [-0.2, -0.15) is 0 Å². The SMILES string of the molecule is CCCCCCCCn1cccc(I)c1=O. The Labute approximate surface area is 111 Å². The molecule has 0 aliphatic carbocycles. The fourth-order valence-corrected chi connectivity index (χ4v) is 2.26. The molecule has 0 unspecified atom stereocenters. The first-order valence-electron chi connectivity index (χ1n) is 6.10. The van der Waals surface area contributed by atoms with Crippen LogP contribution in [0.2, 0.25) is 0 Å². The standard InChI is InChI=1S/C13H20INO/c1-2-3-4-5-6-7-10-15-11-8-9-12(14)13(15)16/h8-9,11H,2-7,10H2,1H3. The number of rotatable bonds is 7. The number of nitrogens with zero attached hydrogens (tertiary/aromatic N) is 1. The molecule has 0 saturated heterocycles. The van der Waals surface area contributed by atoms with E-state index in [4.69, 9.17) is 0 Å². The van der Waals surface area contributed by atoms with Crippen molar-refractivity contribution in [2.24, 2.45) is 0 Å². The minimum absolute atomic E-state index is 0.150. The summed E-state index contributed by atoms with van der Waals surface area (Å²) in [5, 5.41) is 0. The molecule has 0 amide bonds. The Morgan fingerprint density at radius 3 is 2.62 bits per heavy atom. The van der Waals surface area contributed by atoms with Gasteiger partial charge in [-0.1, -0.05) is 39.0 Å². The van der Waals surface area contributed by atoms with Crippen LogP contribution >= 0.6 is 22.6 Å².